The number of hydrogen-bond donors (Lipinski definition) is 3. The maximum absolute atomic E-state index is 11.7. The van der Waals surface area contributed by atoms with E-state index in [0.29, 0.717) is 6.54 Å². The fourth-order valence-corrected chi connectivity index (χ4v) is 2.25. The van der Waals surface area contributed by atoms with E-state index in [9.17, 15) is 14.4 Å². The molecule has 7 heteroatoms. The third-order valence-electron chi connectivity index (χ3n) is 3.37. The predicted molar refractivity (Wildman–Crippen MR) is 71.3 cm³/mol. The predicted octanol–water partition coefficient (Wildman–Crippen LogP) is 0.297. The summed E-state index contributed by atoms with van der Waals surface area (Å²) in [5, 5.41) is 20.0. The minimum absolute atomic E-state index is 0.0899. The number of carbonyl (C=O) groups is 3. The van der Waals surface area contributed by atoms with Gasteiger partial charge in [-0.3, -0.25) is 9.59 Å². The number of nitrogens with zero attached hydrogens (tertiary/aromatic N) is 1. The van der Waals surface area contributed by atoms with Crippen LogP contribution in [0.2, 0.25) is 0 Å². The number of rotatable bonds is 9. The molecular formula is C13H22N2O5. The molecule has 1 fully saturated rings. The van der Waals surface area contributed by atoms with Gasteiger partial charge in [0, 0.05) is 19.4 Å². The lowest BCUT2D eigenvalue weighted by Crippen LogP contribution is -2.41. The highest BCUT2D eigenvalue weighted by Gasteiger charge is 2.20. The van der Waals surface area contributed by atoms with E-state index in [0.717, 1.165) is 25.9 Å². The molecule has 1 heterocycles. The van der Waals surface area contributed by atoms with E-state index >= 15 is 0 Å². The number of aliphatic carboxylic acids is 2. The highest BCUT2D eigenvalue weighted by molar-refractivity contribution is 5.83. The molecule has 7 nitrogen and oxygen atoms in total. The van der Waals surface area contributed by atoms with Crippen molar-refractivity contribution in [3.05, 3.63) is 0 Å². The molecule has 20 heavy (non-hydrogen) atoms. The van der Waals surface area contributed by atoms with Crippen LogP contribution in [0.25, 0.3) is 0 Å². The van der Waals surface area contributed by atoms with E-state index in [4.69, 9.17) is 10.2 Å². The number of likely N-dealkylation sites (tertiary alicyclic amines) is 1. The van der Waals surface area contributed by atoms with Crippen molar-refractivity contribution in [1.82, 2.24) is 10.2 Å². The Morgan fingerprint density at radius 2 is 1.75 bits per heavy atom. The molecule has 1 rings (SSSR count). The van der Waals surface area contributed by atoms with Crippen LogP contribution >= 0.6 is 0 Å². The maximum Gasteiger partial charge on any atom is 0.326 e. The minimum atomic E-state index is -1.12. The molecule has 0 aromatic heterocycles. The normalized spacial score (nSPS) is 16.8. The largest absolute Gasteiger partial charge is 0.481 e. The fraction of sp³-hybridized carbons (Fsp3) is 0.769. The van der Waals surface area contributed by atoms with Gasteiger partial charge in [-0.25, -0.2) is 4.79 Å². The maximum atomic E-state index is 11.7. The van der Waals surface area contributed by atoms with Gasteiger partial charge in [0.15, 0.2) is 0 Å². The van der Waals surface area contributed by atoms with E-state index in [-0.39, 0.29) is 31.6 Å². The third kappa shape index (κ3) is 6.51. The van der Waals surface area contributed by atoms with Crippen LogP contribution in [-0.2, 0) is 14.4 Å². The Kier molecular flexibility index (Phi) is 7.00. The van der Waals surface area contributed by atoms with Crippen LogP contribution in [0, 0.1) is 0 Å². The summed E-state index contributed by atoms with van der Waals surface area (Å²) in [6, 6.07) is -1.000. The number of carbonyl (C=O) groups excluding carboxylic acids is 1. The summed E-state index contributed by atoms with van der Waals surface area (Å²) >= 11 is 0. The molecule has 0 spiro atoms. The Hall–Kier alpha value is -1.63. The zero-order valence-corrected chi connectivity index (χ0v) is 11.5. The molecule has 0 saturated carbocycles. The molecule has 1 saturated heterocycles. The van der Waals surface area contributed by atoms with Gasteiger partial charge in [-0.05, 0) is 38.8 Å². The van der Waals surface area contributed by atoms with Crippen molar-refractivity contribution in [3.8, 4) is 0 Å². The van der Waals surface area contributed by atoms with Gasteiger partial charge < -0.3 is 20.4 Å². The third-order valence-corrected chi connectivity index (χ3v) is 3.37. The smallest absolute Gasteiger partial charge is 0.326 e. The molecule has 1 atom stereocenters. The summed E-state index contributed by atoms with van der Waals surface area (Å²) in [6.45, 7) is 2.63. The highest BCUT2D eigenvalue weighted by atomic mass is 16.4. The molecule has 1 aliphatic rings. The zero-order valence-electron chi connectivity index (χ0n) is 11.5. The Bertz CT molecular complexity index is 353. The van der Waals surface area contributed by atoms with Crippen LogP contribution in [0.15, 0.2) is 0 Å². The molecule has 0 aromatic carbocycles. The standard InChI is InChI=1S/C13H22N2O5/c16-11(6-9-15-7-1-2-8-15)14-10(13(19)20)4-3-5-12(17)18/h10H,1-9H2,(H,14,16)(H,17,18)(H,19,20)/t10-/m1/s1. The first-order chi connectivity index (χ1) is 9.49. The van der Waals surface area contributed by atoms with Gasteiger partial charge in [0.05, 0.1) is 0 Å². The lowest BCUT2D eigenvalue weighted by molar-refractivity contribution is -0.142. The van der Waals surface area contributed by atoms with E-state index < -0.39 is 18.0 Å². The lowest BCUT2D eigenvalue weighted by Gasteiger charge is -2.17. The number of nitrogens with one attached hydrogen (secondary N) is 1. The first kappa shape index (κ1) is 16.4. The zero-order chi connectivity index (χ0) is 15.0. The van der Waals surface area contributed by atoms with Crippen LogP contribution < -0.4 is 5.32 Å². The second kappa shape index (κ2) is 8.52. The number of amides is 1. The van der Waals surface area contributed by atoms with Crippen molar-refractivity contribution >= 4 is 17.8 Å². The molecule has 3 N–H and O–H groups in total. The van der Waals surface area contributed by atoms with Gasteiger partial charge in [0.25, 0.3) is 0 Å². The lowest BCUT2D eigenvalue weighted by atomic mass is 10.1. The molecule has 0 aliphatic carbocycles. The Morgan fingerprint density at radius 1 is 1.10 bits per heavy atom. The summed E-state index contributed by atoms with van der Waals surface area (Å²) in [5.41, 5.74) is 0. The van der Waals surface area contributed by atoms with E-state index in [1.54, 1.807) is 0 Å². The molecule has 0 radical (unpaired) electrons. The van der Waals surface area contributed by atoms with Gasteiger partial charge in [0.1, 0.15) is 6.04 Å². The van der Waals surface area contributed by atoms with Crippen molar-refractivity contribution < 1.29 is 24.6 Å². The topological polar surface area (TPSA) is 107 Å². The van der Waals surface area contributed by atoms with Crippen molar-refractivity contribution in [1.29, 1.82) is 0 Å². The second-order valence-electron chi connectivity index (χ2n) is 5.04. The molecule has 0 bridgehead atoms. The van der Waals surface area contributed by atoms with Gasteiger partial charge in [-0.15, -0.1) is 0 Å². The molecular weight excluding hydrogens is 264 g/mol. The Balaban J connectivity index is 2.26. The average molecular weight is 286 g/mol. The summed E-state index contributed by atoms with van der Waals surface area (Å²) in [7, 11) is 0. The van der Waals surface area contributed by atoms with Crippen molar-refractivity contribution in [2.24, 2.45) is 0 Å². The van der Waals surface area contributed by atoms with E-state index in [1.807, 2.05) is 0 Å². The van der Waals surface area contributed by atoms with Crippen LogP contribution in [0.5, 0.6) is 0 Å². The van der Waals surface area contributed by atoms with E-state index in [2.05, 4.69) is 10.2 Å². The summed E-state index contributed by atoms with van der Waals surface area (Å²) in [5.74, 6) is -2.38. The number of carboxylic acid groups (broad SMARTS) is 2. The summed E-state index contributed by atoms with van der Waals surface area (Å²) in [6.07, 6.45) is 2.86. The summed E-state index contributed by atoms with van der Waals surface area (Å²) in [4.78, 5) is 35.3. The second-order valence-corrected chi connectivity index (χ2v) is 5.04. The van der Waals surface area contributed by atoms with Crippen LogP contribution in [0.4, 0.5) is 0 Å². The molecule has 114 valence electrons. The van der Waals surface area contributed by atoms with E-state index in [1.165, 1.54) is 0 Å². The quantitative estimate of drug-likeness (QED) is 0.562. The van der Waals surface area contributed by atoms with Gasteiger partial charge >= 0.3 is 11.9 Å². The molecule has 0 unspecified atom stereocenters. The first-order valence-corrected chi connectivity index (χ1v) is 6.95. The fourth-order valence-electron chi connectivity index (χ4n) is 2.25. The molecule has 1 aliphatic heterocycles. The van der Waals surface area contributed by atoms with Crippen molar-refractivity contribution in [2.75, 3.05) is 19.6 Å². The first-order valence-electron chi connectivity index (χ1n) is 6.95. The van der Waals surface area contributed by atoms with Crippen LogP contribution in [-0.4, -0.2) is 58.6 Å². The SMILES string of the molecule is O=C(O)CCC[C@@H](NC(=O)CCN1CCCC1)C(=O)O. The summed E-state index contributed by atoms with van der Waals surface area (Å²) < 4.78 is 0. The molecule has 0 aromatic rings. The minimum Gasteiger partial charge on any atom is -0.481 e. The van der Waals surface area contributed by atoms with Gasteiger partial charge in [0.2, 0.25) is 5.91 Å². The number of hydrogen-bond acceptors (Lipinski definition) is 4. The Morgan fingerprint density at radius 3 is 2.30 bits per heavy atom. The monoisotopic (exact) mass is 286 g/mol. The van der Waals surface area contributed by atoms with Crippen LogP contribution in [0.3, 0.4) is 0 Å². The highest BCUT2D eigenvalue weighted by Crippen LogP contribution is 2.08. The van der Waals surface area contributed by atoms with Crippen LogP contribution in [0.1, 0.15) is 38.5 Å². The van der Waals surface area contributed by atoms with Crippen molar-refractivity contribution in [2.45, 2.75) is 44.6 Å². The Labute approximate surface area is 117 Å². The molecule has 1 amide bonds. The van der Waals surface area contributed by atoms with Crippen molar-refractivity contribution in [3.63, 3.8) is 0 Å². The van der Waals surface area contributed by atoms with Gasteiger partial charge in [-0.2, -0.15) is 0 Å². The average Bonchev–Trinajstić information content (AvgIpc) is 2.87. The number of carboxylic acids is 2. The van der Waals surface area contributed by atoms with Gasteiger partial charge in [-0.1, -0.05) is 0 Å².